The van der Waals surface area contributed by atoms with Gasteiger partial charge in [-0.15, -0.1) is 0 Å². The van der Waals surface area contributed by atoms with E-state index in [9.17, 15) is 0 Å². The fraction of sp³-hybridized carbons (Fsp3) is 0.417. The molecule has 16 heavy (non-hydrogen) atoms. The molecule has 1 aromatic heterocycles. The molecule has 4 heteroatoms. The van der Waals surface area contributed by atoms with Crippen LogP contribution in [-0.2, 0) is 0 Å². The van der Waals surface area contributed by atoms with Gasteiger partial charge >= 0.3 is 0 Å². The standard InChI is InChI=1S/C12H17N3S/c1-9(5-4-8-13)14-12-10-6-2-3-7-11(10)15-16-12/h2-3,6-7,9,14H,4-5,8,13H2,1H3. The zero-order valence-corrected chi connectivity index (χ0v) is 10.3. The summed E-state index contributed by atoms with van der Waals surface area (Å²) in [6.07, 6.45) is 2.16. The molecule has 1 atom stereocenters. The number of aromatic nitrogens is 1. The van der Waals surface area contributed by atoms with Crippen molar-refractivity contribution in [3.63, 3.8) is 0 Å². The predicted molar refractivity (Wildman–Crippen MR) is 71.0 cm³/mol. The molecule has 0 aliphatic heterocycles. The van der Waals surface area contributed by atoms with E-state index in [4.69, 9.17) is 5.73 Å². The van der Waals surface area contributed by atoms with Crippen molar-refractivity contribution in [1.29, 1.82) is 0 Å². The summed E-state index contributed by atoms with van der Waals surface area (Å²) < 4.78 is 4.41. The lowest BCUT2D eigenvalue weighted by molar-refractivity contribution is 0.665. The normalized spacial score (nSPS) is 12.9. The molecule has 0 bridgehead atoms. The highest BCUT2D eigenvalue weighted by molar-refractivity contribution is 7.11. The number of anilines is 1. The van der Waals surface area contributed by atoms with Crippen LogP contribution >= 0.6 is 11.5 Å². The number of hydrogen-bond acceptors (Lipinski definition) is 4. The van der Waals surface area contributed by atoms with E-state index < -0.39 is 0 Å². The van der Waals surface area contributed by atoms with Crippen LogP contribution in [0.4, 0.5) is 5.00 Å². The van der Waals surface area contributed by atoms with Crippen molar-refractivity contribution >= 4 is 27.4 Å². The molecule has 1 unspecified atom stereocenters. The average molecular weight is 235 g/mol. The lowest BCUT2D eigenvalue weighted by atomic mass is 10.2. The Balaban J connectivity index is 2.09. The zero-order valence-electron chi connectivity index (χ0n) is 9.44. The van der Waals surface area contributed by atoms with Gasteiger partial charge in [-0.25, -0.2) is 0 Å². The minimum Gasteiger partial charge on any atom is -0.373 e. The second-order valence-electron chi connectivity index (χ2n) is 4.01. The van der Waals surface area contributed by atoms with E-state index >= 15 is 0 Å². The Kier molecular flexibility index (Phi) is 3.74. The van der Waals surface area contributed by atoms with Gasteiger partial charge in [0.05, 0.1) is 5.52 Å². The largest absolute Gasteiger partial charge is 0.373 e. The van der Waals surface area contributed by atoms with E-state index in [1.165, 1.54) is 21.9 Å². The first kappa shape index (κ1) is 11.4. The molecule has 0 fully saturated rings. The molecule has 0 saturated heterocycles. The van der Waals surface area contributed by atoms with Gasteiger partial charge in [0.25, 0.3) is 0 Å². The van der Waals surface area contributed by atoms with Gasteiger partial charge in [0.15, 0.2) is 0 Å². The molecule has 2 aromatic rings. The summed E-state index contributed by atoms with van der Waals surface area (Å²) in [5.41, 5.74) is 6.57. The maximum Gasteiger partial charge on any atom is 0.117 e. The Morgan fingerprint density at radius 2 is 2.25 bits per heavy atom. The SMILES string of the molecule is CC(CCCN)Nc1snc2ccccc12. The summed E-state index contributed by atoms with van der Waals surface area (Å²) in [5, 5.41) is 5.88. The van der Waals surface area contributed by atoms with E-state index in [2.05, 4.69) is 22.7 Å². The van der Waals surface area contributed by atoms with Gasteiger partial charge in [-0.1, -0.05) is 12.1 Å². The summed E-state index contributed by atoms with van der Waals surface area (Å²) in [7, 11) is 0. The number of nitrogens with two attached hydrogens (primary N) is 1. The predicted octanol–water partition coefficient (Wildman–Crippen LogP) is 2.84. The van der Waals surface area contributed by atoms with Crippen LogP contribution in [0.1, 0.15) is 19.8 Å². The number of benzene rings is 1. The third-order valence-electron chi connectivity index (χ3n) is 2.60. The third-order valence-corrected chi connectivity index (χ3v) is 3.41. The number of nitrogens with zero attached hydrogens (tertiary/aromatic N) is 1. The van der Waals surface area contributed by atoms with Crippen LogP contribution in [0.25, 0.3) is 10.9 Å². The molecule has 1 heterocycles. The Morgan fingerprint density at radius 3 is 3.06 bits per heavy atom. The van der Waals surface area contributed by atoms with Crippen LogP contribution in [0.3, 0.4) is 0 Å². The van der Waals surface area contributed by atoms with E-state index in [1.54, 1.807) is 0 Å². The van der Waals surface area contributed by atoms with E-state index in [-0.39, 0.29) is 0 Å². The Morgan fingerprint density at radius 1 is 1.44 bits per heavy atom. The highest BCUT2D eigenvalue weighted by atomic mass is 32.1. The summed E-state index contributed by atoms with van der Waals surface area (Å²) >= 11 is 1.53. The van der Waals surface area contributed by atoms with E-state index in [0.29, 0.717) is 6.04 Å². The van der Waals surface area contributed by atoms with Crippen LogP contribution in [0.15, 0.2) is 24.3 Å². The number of fused-ring (bicyclic) bond motifs is 1. The molecular weight excluding hydrogens is 218 g/mol. The molecule has 0 spiro atoms. The van der Waals surface area contributed by atoms with E-state index in [1.807, 2.05) is 18.2 Å². The third kappa shape index (κ3) is 2.51. The van der Waals surface area contributed by atoms with Gasteiger partial charge in [0.1, 0.15) is 5.00 Å². The van der Waals surface area contributed by atoms with Gasteiger partial charge < -0.3 is 11.1 Å². The Labute approximate surface area is 99.8 Å². The molecule has 86 valence electrons. The summed E-state index contributed by atoms with van der Waals surface area (Å²) in [5.74, 6) is 0. The minimum atomic E-state index is 0.451. The van der Waals surface area contributed by atoms with Crippen molar-refractivity contribution in [2.75, 3.05) is 11.9 Å². The average Bonchev–Trinajstić information content (AvgIpc) is 2.70. The molecule has 0 aliphatic carbocycles. The molecule has 0 saturated carbocycles. The van der Waals surface area contributed by atoms with Crippen LogP contribution in [-0.4, -0.2) is 17.0 Å². The first-order chi connectivity index (χ1) is 7.81. The number of rotatable bonds is 5. The molecular formula is C12H17N3S. The fourth-order valence-corrected chi connectivity index (χ4v) is 2.59. The molecule has 0 radical (unpaired) electrons. The summed E-state index contributed by atoms with van der Waals surface area (Å²) in [6.45, 7) is 2.94. The molecule has 1 aromatic carbocycles. The van der Waals surface area contributed by atoms with Crippen LogP contribution in [0, 0.1) is 0 Å². The van der Waals surface area contributed by atoms with Gasteiger partial charge in [-0.2, -0.15) is 4.37 Å². The molecule has 3 N–H and O–H groups in total. The summed E-state index contributed by atoms with van der Waals surface area (Å²) in [6, 6.07) is 8.67. The second kappa shape index (κ2) is 5.27. The first-order valence-corrected chi connectivity index (χ1v) is 6.39. The first-order valence-electron chi connectivity index (χ1n) is 5.62. The lowest BCUT2D eigenvalue weighted by Gasteiger charge is -2.12. The smallest absolute Gasteiger partial charge is 0.117 e. The fourth-order valence-electron chi connectivity index (χ4n) is 1.71. The van der Waals surface area contributed by atoms with Crippen LogP contribution in [0.5, 0.6) is 0 Å². The maximum atomic E-state index is 5.50. The molecule has 2 rings (SSSR count). The minimum absolute atomic E-state index is 0.451. The maximum absolute atomic E-state index is 5.50. The van der Waals surface area contributed by atoms with Crippen molar-refractivity contribution in [2.45, 2.75) is 25.8 Å². The van der Waals surface area contributed by atoms with Gasteiger partial charge in [-0.05, 0) is 50.0 Å². The second-order valence-corrected chi connectivity index (χ2v) is 4.78. The van der Waals surface area contributed by atoms with Crippen molar-refractivity contribution in [3.05, 3.63) is 24.3 Å². The van der Waals surface area contributed by atoms with Gasteiger partial charge in [0.2, 0.25) is 0 Å². The van der Waals surface area contributed by atoms with Gasteiger partial charge in [-0.3, -0.25) is 0 Å². The van der Waals surface area contributed by atoms with Gasteiger partial charge in [0, 0.05) is 11.4 Å². The van der Waals surface area contributed by atoms with Crippen molar-refractivity contribution < 1.29 is 0 Å². The molecule has 0 aliphatic rings. The van der Waals surface area contributed by atoms with Crippen LogP contribution in [0.2, 0.25) is 0 Å². The zero-order chi connectivity index (χ0) is 11.4. The highest BCUT2D eigenvalue weighted by Crippen LogP contribution is 2.28. The van der Waals surface area contributed by atoms with Crippen molar-refractivity contribution in [2.24, 2.45) is 5.73 Å². The van der Waals surface area contributed by atoms with Crippen molar-refractivity contribution in [1.82, 2.24) is 4.37 Å². The monoisotopic (exact) mass is 235 g/mol. The van der Waals surface area contributed by atoms with Crippen LogP contribution < -0.4 is 11.1 Å². The topological polar surface area (TPSA) is 50.9 Å². The molecule has 3 nitrogen and oxygen atoms in total. The Hall–Kier alpha value is -1.13. The lowest BCUT2D eigenvalue weighted by Crippen LogP contribution is -2.16. The molecule has 0 amide bonds. The highest BCUT2D eigenvalue weighted by Gasteiger charge is 2.07. The quantitative estimate of drug-likeness (QED) is 0.838. The number of nitrogens with one attached hydrogen (secondary N) is 1. The van der Waals surface area contributed by atoms with Crippen molar-refractivity contribution in [3.8, 4) is 0 Å². The Bertz CT molecular complexity index is 452. The van der Waals surface area contributed by atoms with E-state index in [0.717, 1.165) is 24.9 Å². The summed E-state index contributed by atoms with van der Waals surface area (Å²) in [4.78, 5) is 0. The number of hydrogen-bond donors (Lipinski definition) is 2.